The Morgan fingerprint density at radius 2 is 1.95 bits per heavy atom. The molecular formula is C16H12FNO4. The van der Waals surface area contributed by atoms with E-state index in [1.807, 2.05) is 0 Å². The number of furan rings is 1. The molecule has 0 bridgehead atoms. The van der Waals surface area contributed by atoms with Gasteiger partial charge >= 0.3 is 0 Å². The molecule has 1 fully saturated rings. The van der Waals surface area contributed by atoms with Crippen molar-refractivity contribution in [2.45, 2.75) is 6.42 Å². The van der Waals surface area contributed by atoms with Crippen LogP contribution in [0.15, 0.2) is 46.6 Å². The fourth-order valence-electron chi connectivity index (χ4n) is 2.30. The van der Waals surface area contributed by atoms with E-state index < -0.39 is 11.7 Å². The number of amides is 1. The number of ketones is 1. The summed E-state index contributed by atoms with van der Waals surface area (Å²) in [5.74, 6) is -1.65. The van der Waals surface area contributed by atoms with Gasteiger partial charge in [0.25, 0.3) is 11.7 Å². The van der Waals surface area contributed by atoms with Crippen molar-refractivity contribution in [1.29, 1.82) is 0 Å². The van der Waals surface area contributed by atoms with E-state index in [0.29, 0.717) is 17.7 Å². The molecule has 1 aromatic heterocycles. The number of carbonyl (C=O) groups is 2. The number of nitrogens with one attached hydrogen (secondary N) is 1. The first-order valence-electron chi connectivity index (χ1n) is 6.62. The third-order valence-electron chi connectivity index (χ3n) is 3.47. The number of hydrogen-bond acceptors (Lipinski definition) is 4. The minimum absolute atomic E-state index is 0.00926. The molecule has 1 aliphatic rings. The molecule has 1 aliphatic heterocycles. The molecule has 0 saturated carbocycles. The van der Waals surface area contributed by atoms with Gasteiger partial charge in [0.05, 0.1) is 23.9 Å². The lowest BCUT2D eigenvalue weighted by atomic mass is 10.0. The highest BCUT2D eigenvalue weighted by molar-refractivity contribution is 6.46. The normalized spacial score (nSPS) is 16.8. The van der Waals surface area contributed by atoms with E-state index in [9.17, 15) is 19.1 Å². The van der Waals surface area contributed by atoms with Crippen molar-refractivity contribution in [2.24, 2.45) is 0 Å². The van der Waals surface area contributed by atoms with Crippen LogP contribution in [0.1, 0.15) is 16.9 Å². The van der Waals surface area contributed by atoms with E-state index in [1.165, 1.54) is 24.5 Å². The highest BCUT2D eigenvalue weighted by Gasteiger charge is 2.30. The second-order valence-electron chi connectivity index (χ2n) is 4.90. The Balaban J connectivity index is 1.92. The zero-order valence-corrected chi connectivity index (χ0v) is 11.4. The second kappa shape index (κ2) is 5.48. The molecule has 1 amide bonds. The molecule has 112 valence electrons. The van der Waals surface area contributed by atoms with Crippen LogP contribution >= 0.6 is 0 Å². The number of rotatable bonds is 3. The summed E-state index contributed by atoms with van der Waals surface area (Å²) in [6.07, 6.45) is 1.72. The number of Topliss-reactive ketones (excluding diaryl/α,β-unsaturated/α-hetero) is 1. The average Bonchev–Trinajstić information content (AvgIpc) is 3.09. The lowest BCUT2D eigenvalue weighted by Crippen LogP contribution is -2.18. The zero-order valence-electron chi connectivity index (χ0n) is 11.4. The number of hydrogen-bond donors (Lipinski definition) is 2. The third-order valence-corrected chi connectivity index (χ3v) is 3.47. The second-order valence-corrected chi connectivity index (χ2v) is 4.90. The van der Waals surface area contributed by atoms with Crippen molar-refractivity contribution in [3.8, 4) is 0 Å². The maximum atomic E-state index is 12.9. The molecule has 1 aromatic carbocycles. The topological polar surface area (TPSA) is 79.5 Å². The van der Waals surface area contributed by atoms with Gasteiger partial charge in [-0.25, -0.2) is 4.39 Å². The molecule has 5 nitrogen and oxygen atoms in total. The lowest BCUT2D eigenvalue weighted by Gasteiger charge is -2.04. The average molecular weight is 301 g/mol. The van der Waals surface area contributed by atoms with Crippen LogP contribution in [0.25, 0.3) is 5.76 Å². The van der Waals surface area contributed by atoms with Gasteiger partial charge in [0.1, 0.15) is 17.3 Å². The van der Waals surface area contributed by atoms with Gasteiger partial charge in [-0.2, -0.15) is 0 Å². The SMILES string of the molecule is O=C1NCC(=C(O)c2ccoc2Cc2ccc(F)cc2)C1=O. The first-order chi connectivity index (χ1) is 10.6. The van der Waals surface area contributed by atoms with E-state index in [2.05, 4.69) is 5.32 Å². The van der Waals surface area contributed by atoms with E-state index in [-0.39, 0.29) is 23.7 Å². The first kappa shape index (κ1) is 14.1. The Labute approximate surface area is 125 Å². The molecule has 0 atom stereocenters. The fourth-order valence-corrected chi connectivity index (χ4v) is 2.30. The maximum Gasteiger partial charge on any atom is 0.292 e. The Morgan fingerprint density at radius 1 is 1.23 bits per heavy atom. The van der Waals surface area contributed by atoms with Crippen LogP contribution in [0.3, 0.4) is 0 Å². The number of aliphatic hydroxyl groups is 1. The molecule has 0 aliphatic carbocycles. The van der Waals surface area contributed by atoms with Crippen molar-refractivity contribution < 1.29 is 23.5 Å². The molecular weight excluding hydrogens is 289 g/mol. The monoisotopic (exact) mass is 301 g/mol. The molecule has 1 saturated heterocycles. The minimum atomic E-state index is -0.744. The van der Waals surface area contributed by atoms with E-state index >= 15 is 0 Å². The van der Waals surface area contributed by atoms with E-state index in [4.69, 9.17) is 4.42 Å². The van der Waals surface area contributed by atoms with Crippen molar-refractivity contribution in [3.05, 3.63) is 64.9 Å². The van der Waals surface area contributed by atoms with Crippen molar-refractivity contribution >= 4 is 17.4 Å². The summed E-state index contributed by atoms with van der Waals surface area (Å²) in [4.78, 5) is 22.8. The Kier molecular flexibility index (Phi) is 3.50. The van der Waals surface area contributed by atoms with Crippen molar-refractivity contribution in [2.75, 3.05) is 6.54 Å². The highest BCUT2D eigenvalue weighted by Crippen LogP contribution is 2.25. The van der Waals surface area contributed by atoms with Crippen LogP contribution in [-0.4, -0.2) is 23.3 Å². The summed E-state index contributed by atoms with van der Waals surface area (Å²) in [6.45, 7) is -0.00926. The predicted octanol–water partition coefficient (Wildman–Crippen LogP) is 1.98. The minimum Gasteiger partial charge on any atom is -0.507 e. The van der Waals surface area contributed by atoms with Gasteiger partial charge in [0.2, 0.25) is 0 Å². The number of carbonyl (C=O) groups excluding carboxylic acids is 2. The Bertz CT molecular complexity index is 774. The van der Waals surface area contributed by atoms with Gasteiger partial charge in [0, 0.05) is 6.42 Å². The van der Waals surface area contributed by atoms with Crippen LogP contribution in [0, 0.1) is 5.82 Å². The summed E-state index contributed by atoms with van der Waals surface area (Å²) in [7, 11) is 0. The summed E-state index contributed by atoms with van der Waals surface area (Å²) < 4.78 is 18.2. The molecule has 2 N–H and O–H groups in total. The van der Waals surface area contributed by atoms with Gasteiger partial charge in [-0.1, -0.05) is 12.1 Å². The number of halogens is 1. The van der Waals surface area contributed by atoms with Crippen LogP contribution < -0.4 is 5.32 Å². The van der Waals surface area contributed by atoms with Crippen molar-refractivity contribution in [1.82, 2.24) is 5.32 Å². The van der Waals surface area contributed by atoms with E-state index in [0.717, 1.165) is 5.56 Å². The lowest BCUT2D eigenvalue weighted by molar-refractivity contribution is -0.133. The summed E-state index contributed by atoms with van der Waals surface area (Å²) in [5, 5.41) is 12.6. The Hall–Kier alpha value is -2.89. The summed E-state index contributed by atoms with van der Waals surface area (Å²) in [5.41, 5.74) is 1.17. The molecule has 6 heteroatoms. The predicted molar refractivity (Wildman–Crippen MR) is 75.5 cm³/mol. The largest absolute Gasteiger partial charge is 0.507 e. The van der Waals surface area contributed by atoms with Gasteiger partial charge in [-0.3, -0.25) is 9.59 Å². The van der Waals surface area contributed by atoms with Crippen LogP contribution in [0.2, 0.25) is 0 Å². The third kappa shape index (κ3) is 2.50. The summed E-state index contributed by atoms with van der Waals surface area (Å²) >= 11 is 0. The van der Waals surface area contributed by atoms with E-state index in [1.54, 1.807) is 12.1 Å². The molecule has 22 heavy (non-hydrogen) atoms. The van der Waals surface area contributed by atoms with Gasteiger partial charge < -0.3 is 14.8 Å². The molecule has 0 radical (unpaired) electrons. The molecule has 3 rings (SSSR count). The van der Waals surface area contributed by atoms with Crippen LogP contribution in [0.4, 0.5) is 4.39 Å². The highest BCUT2D eigenvalue weighted by atomic mass is 19.1. The van der Waals surface area contributed by atoms with Crippen LogP contribution in [0.5, 0.6) is 0 Å². The van der Waals surface area contributed by atoms with Gasteiger partial charge in [-0.15, -0.1) is 0 Å². The van der Waals surface area contributed by atoms with Gasteiger partial charge in [0.15, 0.2) is 0 Å². The zero-order chi connectivity index (χ0) is 15.7. The Morgan fingerprint density at radius 3 is 2.59 bits per heavy atom. The molecule has 0 spiro atoms. The summed E-state index contributed by atoms with van der Waals surface area (Å²) in [6, 6.07) is 7.41. The van der Waals surface area contributed by atoms with Crippen LogP contribution in [-0.2, 0) is 16.0 Å². The molecule has 0 unspecified atom stereocenters. The fraction of sp³-hybridized carbons (Fsp3) is 0.125. The standard InChI is InChI=1S/C16H12FNO4/c17-10-3-1-9(2-4-10)7-13-11(5-6-22-13)14(19)12-8-18-16(21)15(12)20/h1-6,19H,7-8H2,(H,18,21). The molecule has 2 heterocycles. The van der Waals surface area contributed by atoms with Gasteiger partial charge in [-0.05, 0) is 23.8 Å². The first-order valence-corrected chi connectivity index (χ1v) is 6.62. The smallest absolute Gasteiger partial charge is 0.292 e. The number of benzene rings is 1. The molecule has 2 aromatic rings. The quantitative estimate of drug-likeness (QED) is 0.516. The van der Waals surface area contributed by atoms with Crippen molar-refractivity contribution in [3.63, 3.8) is 0 Å². The maximum absolute atomic E-state index is 12.9. The number of aliphatic hydroxyl groups excluding tert-OH is 1.